The van der Waals surface area contributed by atoms with Crippen LogP contribution in [-0.4, -0.2) is 33.8 Å². The molecule has 0 aromatic carbocycles. The molecule has 0 saturated carbocycles. The highest BCUT2D eigenvalue weighted by Crippen LogP contribution is 2.34. The number of thioether (sulfide) groups is 2. The summed E-state index contributed by atoms with van der Waals surface area (Å²) in [5.74, 6) is 4.81. The van der Waals surface area contributed by atoms with Gasteiger partial charge in [-0.05, 0) is 12.5 Å². The molecule has 2 heterocycles. The summed E-state index contributed by atoms with van der Waals surface area (Å²) < 4.78 is 0. The van der Waals surface area contributed by atoms with Crippen LogP contribution in [0.5, 0.6) is 0 Å². The van der Waals surface area contributed by atoms with Crippen molar-refractivity contribution in [3.63, 3.8) is 0 Å². The molecular weight excluding hydrogens is 278 g/mol. The summed E-state index contributed by atoms with van der Waals surface area (Å²) in [6.45, 7) is 5.94. The molecule has 1 aromatic heterocycles. The third-order valence-electron chi connectivity index (χ3n) is 2.79. The van der Waals surface area contributed by atoms with Crippen LogP contribution < -0.4 is 10.9 Å². The van der Waals surface area contributed by atoms with Crippen LogP contribution in [0.2, 0.25) is 0 Å². The van der Waals surface area contributed by atoms with Crippen LogP contribution in [-0.2, 0) is 6.54 Å². The van der Waals surface area contributed by atoms with Crippen molar-refractivity contribution >= 4 is 23.5 Å². The maximum Gasteiger partial charge on any atom is 0.251 e. The molecule has 1 fully saturated rings. The Morgan fingerprint density at radius 3 is 3.05 bits per heavy atom. The SMILES string of the molecule is CC(C)CNCc1cc(=O)[nH]c(C2CSCCS2)n1. The molecule has 1 saturated heterocycles. The summed E-state index contributed by atoms with van der Waals surface area (Å²) in [5, 5.41) is 3.66. The quantitative estimate of drug-likeness (QED) is 0.871. The predicted molar refractivity (Wildman–Crippen MR) is 83.9 cm³/mol. The van der Waals surface area contributed by atoms with E-state index < -0.39 is 0 Å². The molecule has 4 nitrogen and oxygen atoms in total. The van der Waals surface area contributed by atoms with Crippen molar-refractivity contribution in [1.29, 1.82) is 0 Å². The van der Waals surface area contributed by atoms with Gasteiger partial charge in [0.05, 0.1) is 10.9 Å². The van der Waals surface area contributed by atoms with Gasteiger partial charge in [-0.25, -0.2) is 4.98 Å². The van der Waals surface area contributed by atoms with Crippen LogP contribution in [0.15, 0.2) is 10.9 Å². The van der Waals surface area contributed by atoms with Crippen molar-refractivity contribution in [3.8, 4) is 0 Å². The first-order chi connectivity index (χ1) is 9.15. The zero-order valence-electron chi connectivity index (χ0n) is 11.4. The van der Waals surface area contributed by atoms with Crippen LogP contribution in [0.4, 0.5) is 0 Å². The molecule has 0 bridgehead atoms. The molecule has 1 atom stereocenters. The van der Waals surface area contributed by atoms with E-state index in [1.54, 1.807) is 6.07 Å². The summed E-state index contributed by atoms with van der Waals surface area (Å²) in [4.78, 5) is 19.2. The van der Waals surface area contributed by atoms with E-state index in [9.17, 15) is 4.79 Å². The maximum absolute atomic E-state index is 11.7. The van der Waals surface area contributed by atoms with Crippen molar-refractivity contribution in [3.05, 3.63) is 27.9 Å². The van der Waals surface area contributed by atoms with Gasteiger partial charge in [0.1, 0.15) is 5.82 Å². The molecule has 106 valence electrons. The highest BCUT2D eigenvalue weighted by molar-refractivity contribution is 8.06. The number of hydrogen-bond donors (Lipinski definition) is 2. The Morgan fingerprint density at radius 2 is 2.37 bits per heavy atom. The Kier molecular flexibility index (Phi) is 5.78. The van der Waals surface area contributed by atoms with E-state index in [0.29, 0.717) is 17.7 Å². The molecular formula is C13H21N3OS2. The van der Waals surface area contributed by atoms with E-state index in [1.165, 1.54) is 5.75 Å². The first kappa shape index (κ1) is 14.9. The summed E-state index contributed by atoms with van der Waals surface area (Å²) in [6.07, 6.45) is 0. The van der Waals surface area contributed by atoms with Crippen molar-refractivity contribution in [2.45, 2.75) is 25.6 Å². The third kappa shape index (κ3) is 4.85. The topological polar surface area (TPSA) is 57.8 Å². The Morgan fingerprint density at radius 1 is 1.53 bits per heavy atom. The Balaban J connectivity index is 2.03. The van der Waals surface area contributed by atoms with Crippen LogP contribution in [0.3, 0.4) is 0 Å². The minimum atomic E-state index is -0.0393. The highest BCUT2D eigenvalue weighted by Gasteiger charge is 2.19. The van der Waals surface area contributed by atoms with Gasteiger partial charge in [-0.3, -0.25) is 4.79 Å². The zero-order valence-corrected chi connectivity index (χ0v) is 13.1. The molecule has 0 spiro atoms. The molecule has 1 aromatic rings. The lowest BCUT2D eigenvalue weighted by molar-refractivity contribution is 0.546. The van der Waals surface area contributed by atoms with Gasteiger partial charge in [-0.1, -0.05) is 13.8 Å². The van der Waals surface area contributed by atoms with Gasteiger partial charge in [0.15, 0.2) is 0 Å². The lowest BCUT2D eigenvalue weighted by Crippen LogP contribution is -2.23. The Hall–Kier alpha value is -0.460. The second-order valence-electron chi connectivity index (χ2n) is 5.08. The van der Waals surface area contributed by atoms with E-state index in [2.05, 4.69) is 29.1 Å². The van der Waals surface area contributed by atoms with E-state index in [0.717, 1.165) is 29.6 Å². The molecule has 19 heavy (non-hydrogen) atoms. The lowest BCUT2D eigenvalue weighted by Gasteiger charge is -2.20. The standard InChI is InChI=1S/C13H21N3OS2/c1-9(2)6-14-7-10-5-12(17)16-13(15-10)11-8-18-3-4-19-11/h5,9,11,14H,3-4,6-8H2,1-2H3,(H,15,16,17). The molecule has 0 amide bonds. The molecule has 1 aliphatic rings. The number of H-pyrrole nitrogens is 1. The summed E-state index contributed by atoms with van der Waals surface area (Å²) in [7, 11) is 0. The molecule has 1 unspecified atom stereocenters. The van der Waals surface area contributed by atoms with Crippen LogP contribution >= 0.6 is 23.5 Å². The second kappa shape index (κ2) is 7.36. The van der Waals surface area contributed by atoms with Crippen LogP contribution in [0.1, 0.15) is 30.6 Å². The molecule has 1 aliphatic heterocycles. The van der Waals surface area contributed by atoms with Gasteiger partial charge in [0.25, 0.3) is 5.56 Å². The molecule has 2 rings (SSSR count). The van der Waals surface area contributed by atoms with Gasteiger partial charge in [-0.2, -0.15) is 11.8 Å². The fourth-order valence-electron chi connectivity index (χ4n) is 1.91. The molecule has 2 N–H and O–H groups in total. The number of rotatable bonds is 5. The Bertz CT molecular complexity index is 455. The van der Waals surface area contributed by atoms with E-state index in [4.69, 9.17) is 0 Å². The minimum absolute atomic E-state index is 0.0393. The largest absolute Gasteiger partial charge is 0.311 e. The van der Waals surface area contributed by atoms with Gasteiger partial charge in [-0.15, -0.1) is 11.8 Å². The first-order valence-corrected chi connectivity index (χ1v) is 8.85. The molecule has 6 heteroatoms. The Labute approximate surface area is 122 Å². The molecule has 0 radical (unpaired) electrons. The van der Waals surface area contributed by atoms with E-state index >= 15 is 0 Å². The van der Waals surface area contributed by atoms with Gasteiger partial charge >= 0.3 is 0 Å². The number of aromatic amines is 1. The average molecular weight is 299 g/mol. The third-order valence-corrected chi connectivity index (χ3v) is 5.56. The monoisotopic (exact) mass is 299 g/mol. The van der Waals surface area contributed by atoms with Crippen molar-refractivity contribution in [2.75, 3.05) is 23.8 Å². The van der Waals surface area contributed by atoms with E-state index in [1.807, 2.05) is 23.5 Å². The normalized spacial score (nSPS) is 19.8. The summed E-state index contributed by atoms with van der Waals surface area (Å²) in [6, 6.07) is 1.59. The van der Waals surface area contributed by atoms with Gasteiger partial charge in [0.2, 0.25) is 0 Å². The minimum Gasteiger partial charge on any atom is -0.311 e. The zero-order chi connectivity index (χ0) is 13.7. The summed E-state index contributed by atoms with van der Waals surface area (Å²) >= 11 is 3.82. The first-order valence-electron chi connectivity index (χ1n) is 6.65. The second-order valence-corrected chi connectivity index (χ2v) is 7.54. The number of nitrogens with zero attached hydrogens (tertiary/aromatic N) is 1. The van der Waals surface area contributed by atoms with Crippen molar-refractivity contribution < 1.29 is 0 Å². The highest BCUT2D eigenvalue weighted by atomic mass is 32.2. The number of nitrogens with one attached hydrogen (secondary N) is 2. The van der Waals surface area contributed by atoms with Crippen LogP contribution in [0, 0.1) is 5.92 Å². The number of hydrogen-bond acceptors (Lipinski definition) is 5. The lowest BCUT2D eigenvalue weighted by atomic mass is 10.2. The van der Waals surface area contributed by atoms with Crippen molar-refractivity contribution in [2.24, 2.45) is 5.92 Å². The van der Waals surface area contributed by atoms with Crippen molar-refractivity contribution in [1.82, 2.24) is 15.3 Å². The number of aromatic nitrogens is 2. The fraction of sp³-hybridized carbons (Fsp3) is 0.692. The molecule has 0 aliphatic carbocycles. The maximum atomic E-state index is 11.7. The fourth-order valence-corrected chi connectivity index (χ4v) is 4.53. The summed E-state index contributed by atoms with van der Waals surface area (Å²) in [5.41, 5.74) is 0.804. The predicted octanol–water partition coefficient (Wildman–Crippen LogP) is 2.04. The average Bonchev–Trinajstić information content (AvgIpc) is 2.39. The smallest absolute Gasteiger partial charge is 0.251 e. The van der Waals surface area contributed by atoms with Gasteiger partial charge in [0, 0.05) is 29.9 Å². The van der Waals surface area contributed by atoms with Crippen LogP contribution in [0.25, 0.3) is 0 Å². The van der Waals surface area contributed by atoms with Gasteiger partial charge < -0.3 is 10.3 Å². The van der Waals surface area contributed by atoms with E-state index in [-0.39, 0.29) is 5.56 Å².